The van der Waals surface area contributed by atoms with Gasteiger partial charge in [-0.05, 0) is 66.6 Å². The van der Waals surface area contributed by atoms with Crippen LogP contribution in [0.25, 0.3) is 0 Å². The smallest absolute Gasteiger partial charge is 0.255 e. The number of hydrogen-bond acceptors (Lipinski definition) is 7. The first-order chi connectivity index (χ1) is 22.3. The average molecular weight is 738 g/mol. The fourth-order valence-corrected chi connectivity index (χ4v) is 6.70. The molecule has 6 rings (SSSR count). The molecule has 0 saturated heterocycles. The molecule has 1 unspecified atom stereocenters. The molecule has 0 radical (unpaired) electrons. The number of anilines is 2. The molecule has 0 spiro atoms. The minimum Gasteiger partial charge on any atom is -0.495 e. The molecule has 1 amide bonds. The fraction of sp³-hybridized carbons (Fsp3) is 0.147. The van der Waals surface area contributed by atoms with Gasteiger partial charge in [-0.15, -0.1) is 5.10 Å². The normalized spacial score (nSPS) is 14.0. The molecular weight excluding hydrogens is 709 g/mol. The predicted molar refractivity (Wildman–Crippen MR) is 187 cm³/mol. The molecule has 8 nitrogen and oxygen atoms in total. The summed E-state index contributed by atoms with van der Waals surface area (Å²) in [6.45, 7) is 2.15. The van der Waals surface area contributed by atoms with Crippen LogP contribution >= 0.6 is 50.9 Å². The highest BCUT2D eigenvalue weighted by molar-refractivity contribution is 9.10. The van der Waals surface area contributed by atoms with E-state index in [4.69, 9.17) is 42.8 Å². The Morgan fingerprint density at radius 3 is 2.57 bits per heavy atom. The Labute approximate surface area is 289 Å². The molecule has 0 aliphatic carbocycles. The molecule has 0 bridgehead atoms. The number of thioether (sulfide) groups is 1. The van der Waals surface area contributed by atoms with Crippen molar-refractivity contribution < 1.29 is 14.3 Å². The van der Waals surface area contributed by atoms with Crippen LogP contribution in [0.3, 0.4) is 0 Å². The predicted octanol–water partition coefficient (Wildman–Crippen LogP) is 9.15. The number of para-hydroxylation sites is 2. The fourth-order valence-electron chi connectivity index (χ4n) is 5.08. The number of rotatable bonds is 10. The van der Waals surface area contributed by atoms with Crippen LogP contribution < -0.4 is 20.1 Å². The van der Waals surface area contributed by atoms with E-state index in [0.717, 1.165) is 21.2 Å². The zero-order chi connectivity index (χ0) is 32.2. The number of ether oxygens (including phenoxy) is 2. The first kappa shape index (κ1) is 32.0. The number of nitrogens with one attached hydrogen (secondary N) is 2. The SMILES string of the molecule is COc1ccccc1NC(=O)C1=C(C)Nc2nc(SCc3ccccc3Cl)nn2C1c1cc(Br)ccc1OCc1ccc(Cl)cc1. The third-order valence-electron chi connectivity index (χ3n) is 7.32. The van der Waals surface area contributed by atoms with Gasteiger partial charge >= 0.3 is 0 Å². The summed E-state index contributed by atoms with van der Waals surface area (Å²) in [7, 11) is 1.57. The van der Waals surface area contributed by atoms with Crippen molar-refractivity contribution in [2.24, 2.45) is 0 Å². The van der Waals surface area contributed by atoms with Crippen molar-refractivity contribution in [3.05, 3.63) is 133 Å². The van der Waals surface area contributed by atoms with Crippen molar-refractivity contribution in [2.45, 2.75) is 30.5 Å². The maximum absolute atomic E-state index is 14.2. The Hall–Kier alpha value is -3.96. The molecule has 4 aromatic carbocycles. The van der Waals surface area contributed by atoms with Crippen LogP contribution in [0, 0.1) is 0 Å². The van der Waals surface area contributed by atoms with Gasteiger partial charge in [0.2, 0.25) is 11.1 Å². The Balaban J connectivity index is 1.40. The van der Waals surface area contributed by atoms with Crippen molar-refractivity contribution in [3.8, 4) is 11.5 Å². The van der Waals surface area contributed by atoms with E-state index in [0.29, 0.717) is 62.0 Å². The lowest BCUT2D eigenvalue weighted by Crippen LogP contribution is -2.32. The zero-order valence-electron chi connectivity index (χ0n) is 24.8. The van der Waals surface area contributed by atoms with E-state index in [-0.39, 0.29) is 5.91 Å². The van der Waals surface area contributed by atoms with E-state index in [2.05, 4.69) is 26.6 Å². The summed E-state index contributed by atoms with van der Waals surface area (Å²) in [5, 5.41) is 13.1. The zero-order valence-corrected chi connectivity index (χ0v) is 28.7. The lowest BCUT2D eigenvalue weighted by molar-refractivity contribution is -0.113. The third kappa shape index (κ3) is 7.05. The van der Waals surface area contributed by atoms with Crippen molar-refractivity contribution in [1.29, 1.82) is 0 Å². The Morgan fingerprint density at radius 2 is 1.78 bits per heavy atom. The number of carbonyl (C=O) groups excluding carboxylic acids is 1. The molecule has 12 heteroatoms. The standard InChI is InChI=1S/C34H28BrCl2N5O3S/c1-20-30(32(43)39-27-9-5-6-10-29(27)44-2)31(25-17-23(35)13-16-28(25)45-18-21-11-14-24(36)15-12-21)42-33(38-20)40-34(41-42)46-19-22-7-3-4-8-26(22)37/h3-17,31H,18-19H2,1-2H3,(H,39,43)(H,38,40,41). The number of allylic oxidation sites excluding steroid dienone is 1. The summed E-state index contributed by atoms with van der Waals surface area (Å²) in [6, 6.07) is 27.5. The largest absolute Gasteiger partial charge is 0.495 e. The van der Waals surface area contributed by atoms with Crippen molar-refractivity contribution in [3.63, 3.8) is 0 Å². The van der Waals surface area contributed by atoms with Gasteiger partial charge in [0.05, 0.1) is 18.4 Å². The van der Waals surface area contributed by atoms with Gasteiger partial charge in [-0.3, -0.25) is 4.79 Å². The molecule has 1 aromatic heterocycles. The summed E-state index contributed by atoms with van der Waals surface area (Å²) >= 11 is 17.6. The molecule has 2 heterocycles. The molecule has 46 heavy (non-hydrogen) atoms. The highest BCUT2D eigenvalue weighted by Crippen LogP contribution is 2.42. The Bertz CT molecular complexity index is 1930. The van der Waals surface area contributed by atoms with Crippen LogP contribution in [0.1, 0.15) is 29.7 Å². The van der Waals surface area contributed by atoms with Crippen LogP contribution in [-0.4, -0.2) is 27.8 Å². The second-order valence-corrected chi connectivity index (χ2v) is 13.1. The number of fused-ring (bicyclic) bond motifs is 1. The number of nitrogens with zero attached hydrogens (tertiary/aromatic N) is 3. The monoisotopic (exact) mass is 735 g/mol. The highest BCUT2D eigenvalue weighted by atomic mass is 79.9. The van der Waals surface area contributed by atoms with E-state index in [1.807, 2.05) is 85.8 Å². The topological polar surface area (TPSA) is 90.3 Å². The molecule has 2 N–H and O–H groups in total. The minimum atomic E-state index is -0.689. The van der Waals surface area contributed by atoms with Gasteiger partial charge in [0, 0.05) is 31.5 Å². The summed E-state index contributed by atoms with van der Waals surface area (Å²) in [4.78, 5) is 19.0. The number of halogens is 3. The van der Waals surface area contributed by atoms with Gasteiger partial charge in [-0.1, -0.05) is 93.4 Å². The first-order valence-electron chi connectivity index (χ1n) is 14.2. The van der Waals surface area contributed by atoms with Gasteiger partial charge in [-0.25, -0.2) is 4.68 Å². The minimum absolute atomic E-state index is 0.297. The summed E-state index contributed by atoms with van der Waals surface area (Å²) in [5.74, 6) is 1.89. The van der Waals surface area contributed by atoms with Crippen LogP contribution in [0.15, 0.2) is 112 Å². The van der Waals surface area contributed by atoms with Gasteiger partial charge in [0.15, 0.2) is 0 Å². The lowest BCUT2D eigenvalue weighted by atomic mass is 9.94. The third-order valence-corrected chi connectivity index (χ3v) is 9.32. The Kier molecular flexibility index (Phi) is 9.89. The maximum Gasteiger partial charge on any atom is 0.255 e. The number of aromatic nitrogens is 3. The number of amides is 1. The van der Waals surface area contributed by atoms with E-state index in [1.54, 1.807) is 23.9 Å². The summed E-state index contributed by atoms with van der Waals surface area (Å²) in [6.07, 6.45) is 0. The molecule has 1 atom stereocenters. The Morgan fingerprint density at radius 1 is 1.02 bits per heavy atom. The van der Waals surface area contributed by atoms with Crippen LogP contribution in [0.4, 0.5) is 11.6 Å². The molecular formula is C34H28BrCl2N5O3S. The molecule has 0 saturated carbocycles. The summed E-state index contributed by atoms with van der Waals surface area (Å²) in [5.41, 5.74) is 4.27. The van der Waals surface area contributed by atoms with Crippen molar-refractivity contribution in [1.82, 2.24) is 14.8 Å². The number of benzene rings is 4. The number of hydrogen-bond donors (Lipinski definition) is 2. The van der Waals surface area contributed by atoms with E-state index < -0.39 is 6.04 Å². The van der Waals surface area contributed by atoms with E-state index in [9.17, 15) is 4.79 Å². The quantitative estimate of drug-likeness (QED) is 0.138. The van der Waals surface area contributed by atoms with Gasteiger partial charge in [0.25, 0.3) is 5.91 Å². The molecule has 0 fully saturated rings. The van der Waals surface area contributed by atoms with Crippen LogP contribution in [0.5, 0.6) is 11.5 Å². The second-order valence-electron chi connectivity index (χ2n) is 10.4. The first-order valence-corrected chi connectivity index (χ1v) is 16.8. The van der Waals surface area contributed by atoms with Gasteiger partial charge in [0.1, 0.15) is 24.1 Å². The van der Waals surface area contributed by atoms with Crippen molar-refractivity contribution in [2.75, 3.05) is 17.7 Å². The second kappa shape index (κ2) is 14.2. The number of methoxy groups -OCH3 is 1. The van der Waals surface area contributed by atoms with Crippen LogP contribution in [0.2, 0.25) is 10.0 Å². The maximum atomic E-state index is 14.2. The van der Waals surface area contributed by atoms with E-state index in [1.165, 1.54) is 11.8 Å². The average Bonchev–Trinajstić information content (AvgIpc) is 3.46. The van der Waals surface area contributed by atoms with Gasteiger partial charge < -0.3 is 20.1 Å². The van der Waals surface area contributed by atoms with Gasteiger partial charge in [-0.2, -0.15) is 4.98 Å². The molecule has 1 aliphatic heterocycles. The summed E-state index contributed by atoms with van der Waals surface area (Å²) < 4.78 is 14.4. The van der Waals surface area contributed by atoms with Crippen molar-refractivity contribution >= 4 is 68.4 Å². The molecule has 1 aliphatic rings. The molecule has 234 valence electrons. The molecule has 5 aromatic rings. The van der Waals surface area contributed by atoms with E-state index >= 15 is 0 Å². The van der Waals surface area contributed by atoms with Crippen LogP contribution in [-0.2, 0) is 17.2 Å². The lowest BCUT2D eigenvalue weighted by Gasteiger charge is -2.30. The number of carbonyl (C=O) groups is 1. The highest BCUT2D eigenvalue weighted by Gasteiger charge is 2.36.